The van der Waals surface area contributed by atoms with E-state index in [-0.39, 0.29) is 0 Å². The highest BCUT2D eigenvalue weighted by Crippen LogP contribution is 1.96. The molecule has 1 nitrogen and oxygen atoms in total. The minimum Gasteiger partial charge on any atom is -0.265 e. The van der Waals surface area contributed by atoms with Crippen molar-refractivity contribution in [3.8, 4) is 0 Å². The van der Waals surface area contributed by atoms with E-state index in [0.29, 0.717) is 0 Å². The minimum atomic E-state index is 0.840. The van der Waals surface area contributed by atoms with E-state index in [2.05, 4.69) is 18.3 Å². The third-order valence-corrected chi connectivity index (χ3v) is 0.809. The van der Waals surface area contributed by atoms with Crippen molar-refractivity contribution in [2.75, 3.05) is 0 Å². The molecule has 0 aliphatic heterocycles. The molecule has 0 atom stereocenters. The molecule has 0 aromatic heterocycles. The predicted octanol–water partition coefficient (Wildman–Crippen LogP) is 2.33. The SMILES string of the molecule is C=C/C=C(\C=C/C)N=C. The number of hydrogen-bond acceptors (Lipinski definition) is 1. The summed E-state index contributed by atoms with van der Waals surface area (Å²) in [6, 6.07) is 0. The fraction of sp³-hybridized carbons (Fsp3) is 0.125. The third kappa shape index (κ3) is 3.47. The molecular formula is C8H11N. The lowest BCUT2D eigenvalue weighted by atomic mass is 10.3. The lowest BCUT2D eigenvalue weighted by molar-refractivity contribution is 1.43. The zero-order chi connectivity index (χ0) is 7.11. The van der Waals surface area contributed by atoms with Gasteiger partial charge in [0.2, 0.25) is 0 Å². The highest BCUT2D eigenvalue weighted by Gasteiger charge is 1.77. The van der Waals surface area contributed by atoms with E-state index in [1.807, 2.05) is 19.1 Å². The van der Waals surface area contributed by atoms with Crippen LogP contribution in [0, 0.1) is 0 Å². The molecule has 0 aliphatic carbocycles. The van der Waals surface area contributed by atoms with Gasteiger partial charge in [-0.3, -0.25) is 4.99 Å². The zero-order valence-electron chi connectivity index (χ0n) is 5.67. The van der Waals surface area contributed by atoms with Crippen LogP contribution in [-0.2, 0) is 0 Å². The van der Waals surface area contributed by atoms with Crippen LogP contribution in [0.15, 0.2) is 41.6 Å². The quantitative estimate of drug-likeness (QED) is 0.401. The molecule has 0 rings (SSSR count). The second kappa shape index (κ2) is 5.04. The molecule has 0 radical (unpaired) electrons. The first-order chi connectivity index (χ1) is 4.35. The standard InChI is InChI=1S/C8H11N/c1-4-6-8(9-3)7-5-2/h4-7H,1,3H2,2H3/b7-5-,8-6+. The molecule has 0 unspecified atom stereocenters. The van der Waals surface area contributed by atoms with Crippen molar-refractivity contribution < 1.29 is 0 Å². The van der Waals surface area contributed by atoms with Crippen LogP contribution in [-0.4, -0.2) is 6.72 Å². The summed E-state index contributed by atoms with van der Waals surface area (Å²) >= 11 is 0. The molecule has 0 aromatic rings. The predicted molar refractivity (Wildman–Crippen MR) is 42.6 cm³/mol. The van der Waals surface area contributed by atoms with Crippen LogP contribution in [0.1, 0.15) is 6.92 Å². The van der Waals surface area contributed by atoms with Gasteiger partial charge in [0.15, 0.2) is 0 Å². The summed E-state index contributed by atoms with van der Waals surface area (Å²) in [6.45, 7) is 8.85. The van der Waals surface area contributed by atoms with Gasteiger partial charge in [-0.25, -0.2) is 0 Å². The number of allylic oxidation sites excluding steroid dienone is 4. The second-order valence-corrected chi connectivity index (χ2v) is 1.49. The Labute approximate surface area is 56.1 Å². The van der Waals surface area contributed by atoms with Gasteiger partial charge in [0.05, 0.1) is 5.70 Å². The van der Waals surface area contributed by atoms with Crippen LogP contribution >= 0.6 is 0 Å². The molecule has 1 heteroatoms. The first-order valence-corrected chi connectivity index (χ1v) is 2.77. The van der Waals surface area contributed by atoms with Crippen molar-refractivity contribution in [1.82, 2.24) is 0 Å². The van der Waals surface area contributed by atoms with Crippen LogP contribution < -0.4 is 0 Å². The Morgan fingerprint density at radius 1 is 1.56 bits per heavy atom. The molecule has 0 spiro atoms. The summed E-state index contributed by atoms with van der Waals surface area (Å²) in [6.07, 6.45) is 7.26. The van der Waals surface area contributed by atoms with Gasteiger partial charge in [0.1, 0.15) is 0 Å². The number of nitrogens with zero attached hydrogens (tertiary/aromatic N) is 1. The molecule has 9 heavy (non-hydrogen) atoms. The van der Waals surface area contributed by atoms with E-state index in [4.69, 9.17) is 0 Å². The maximum atomic E-state index is 3.72. The Morgan fingerprint density at radius 3 is 2.56 bits per heavy atom. The van der Waals surface area contributed by atoms with Gasteiger partial charge in [-0.05, 0) is 25.8 Å². The average molecular weight is 121 g/mol. The maximum Gasteiger partial charge on any atom is 0.0618 e. The van der Waals surface area contributed by atoms with Crippen LogP contribution in [0.5, 0.6) is 0 Å². The highest BCUT2D eigenvalue weighted by molar-refractivity contribution is 5.34. The van der Waals surface area contributed by atoms with Gasteiger partial charge in [-0.15, -0.1) is 0 Å². The van der Waals surface area contributed by atoms with Gasteiger partial charge in [0.25, 0.3) is 0 Å². The molecule has 0 aliphatic rings. The van der Waals surface area contributed by atoms with Crippen LogP contribution in [0.2, 0.25) is 0 Å². The normalized spacial score (nSPS) is 11.9. The molecule has 0 bridgehead atoms. The summed E-state index contributed by atoms with van der Waals surface area (Å²) in [5.74, 6) is 0. The van der Waals surface area contributed by atoms with E-state index in [0.717, 1.165) is 5.70 Å². The van der Waals surface area contributed by atoms with Gasteiger partial charge in [-0.1, -0.05) is 18.7 Å². The number of rotatable bonds is 3. The van der Waals surface area contributed by atoms with Gasteiger partial charge >= 0.3 is 0 Å². The Balaban J connectivity index is 4.13. The summed E-state index contributed by atoms with van der Waals surface area (Å²) in [5, 5.41) is 0. The Morgan fingerprint density at radius 2 is 2.22 bits per heavy atom. The van der Waals surface area contributed by atoms with Gasteiger partial charge in [-0.2, -0.15) is 0 Å². The van der Waals surface area contributed by atoms with Crippen molar-refractivity contribution in [3.05, 3.63) is 36.6 Å². The van der Waals surface area contributed by atoms with E-state index >= 15 is 0 Å². The summed E-state index contributed by atoms with van der Waals surface area (Å²) in [4.78, 5) is 3.72. The average Bonchev–Trinajstić information content (AvgIpc) is 1.88. The fourth-order valence-electron chi connectivity index (χ4n) is 0.452. The molecule has 0 N–H and O–H groups in total. The van der Waals surface area contributed by atoms with Crippen LogP contribution in [0.25, 0.3) is 0 Å². The molecule has 0 saturated heterocycles. The lowest BCUT2D eigenvalue weighted by Crippen LogP contribution is -1.66. The lowest BCUT2D eigenvalue weighted by Gasteiger charge is -1.85. The summed E-state index contributed by atoms with van der Waals surface area (Å²) in [5.41, 5.74) is 0.840. The van der Waals surface area contributed by atoms with Crippen molar-refractivity contribution in [2.45, 2.75) is 6.92 Å². The second-order valence-electron chi connectivity index (χ2n) is 1.49. The smallest absolute Gasteiger partial charge is 0.0618 e. The zero-order valence-corrected chi connectivity index (χ0v) is 5.67. The molecule has 0 saturated carbocycles. The molecular weight excluding hydrogens is 110 g/mol. The molecule has 48 valence electrons. The molecule has 0 fully saturated rings. The van der Waals surface area contributed by atoms with Gasteiger partial charge in [0, 0.05) is 0 Å². The molecule has 0 amide bonds. The van der Waals surface area contributed by atoms with Crippen molar-refractivity contribution in [2.24, 2.45) is 4.99 Å². The minimum absolute atomic E-state index is 0.840. The van der Waals surface area contributed by atoms with E-state index in [1.165, 1.54) is 0 Å². The van der Waals surface area contributed by atoms with Crippen molar-refractivity contribution >= 4 is 6.72 Å². The maximum absolute atomic E-state index is 3.72. The summed E-state index contributed by atoms with van der Waals surface area (Å²) in [7, 11) is 0. The number of hydrogen-bond donors (Lipinski definition) is 0. The number of aliphatic imine (C=N–C) groups is 1. The molecule has 0 heterocycles. The van der Waals surface area contributed by atoms with Gasteiger partial charge < -0.3 is 0 Å². The Kier molecular flexibility index (Phi) is 4.41. The van der Waals surface area contributed by atoms with Crippen LogP contribution in [0.4, 0.5) is 0 Å². The largest absolute Gasteiger partial charge is 0.265 e. The van der Waals surface area contributed by atoms with Crippen molar-refractivity contribution in [1.29, 1.82) is 0 Å². The van der Waals surface area contributed by atoms with E-state index in [9.17, 15) is 0 Å². The van der Waals surface area contributed by atoms with Crippen LogP contribution in [0.3, 0.4) is 0 Å². The molecule has 0 aromatic carbocycles. The first kappa shape index (κ1) is 7.89. The Hall–Kier alpha value is -1.11. The topological polar surface area (TPSA) is 12.4 Å². The van der Waals surface area contributed by atoms with Crippen molar-refractivity contribution in [3.63, 3.8) is 0 Å². The van der Waals surface area contributed by atoms with E-state index < -0.39 is 0 Å². The van der Waals surface area contributed by atoms with E-state index in [1.54, 1.807) is 12.2 Å². The monoisotopic (exact) mass is 121 g/mol. The Bertz CT molecular complexity index is 152. The fourth-order valence-corrected chi connectivity index (χ4v) is 0.452. The highest BCUT2D eigenvalue weighted by atomic mass is 14.7. The summed E-state index contributed by atoms with van der Waals surface area (Å²) < 4.78 is 0. The first-order valence-electron chi connectivity index (χ1n) is 2.77. The third-order valence-electron chi connectivity index (χ3n) is 0.809.